The lowest BCUT2D eigenvalue weighted by Gasteiger charge is -2.25. The number of nitrogens with two attached hydrogens (primary N) is 1. The van der Waals surface area contributed by atoms with Gasteiger partial charge in [0.1, 0.15) is 5.82 Å². The van der Waals surface area contributed by atoms with Gasteiger partial charge in [-0.1, -0.05) is 12.1 Å². The van der Waals surface area contributed by atoms with Crippen LogP contribution in [0.2, 0.25) is 0 Å². The van der Waals surface area contributed by atoms with Crippen molar-refractivity contribution in [1.29, 1.82) is 0 Å². The Morgan fingerprint density at radius 1 is 1.35 bits per heavy atom. The molecule has 2 aromatic rings. The summed E-state index contributed by atoms with van der Waals surface area (Å²) in [5, 5.41) is 0. The lowest BCUT2D eigenvalue weighted by atomic mass is 10.2. The molecule has 0 atom stereocenters. The molecule has 1 aliphatic rings. The number of pyridine rings is 1. The summed E-state index contributed by atoms with van der Waals surface area (Å²) in [6.45, 7) is 2.95. The number of aryl methyl sites for hydroxylation is 1. The molecule has 0 saturated heterocycles. The van der Waals surface area contributed by atoms with Crippen LogP contribution in [0.1, 0.15) is 24.0 Å². The molecule has 104 valence electrons. The minimum Gasteiger partial charge on any atom is -0.399 e. The second-order valence-electron chi connectivity index (χ2n) is 5.37. The zero-order chi connectivity index (χ0) is 14.1. The van der Waals surface area contributed by atoms with Gasteiger partial charge in [-0.25, -0.2) is 4.98 Å². The number of hydrogen-bond acceptors (Lipinski definition) is 3. The molecule has 1 saturated carbocycles. The molecule has 3 nitrogen and oxygen atoms in total. The molecule has 0 bridgehead atoms. The Morgan fingerprint density at radius 3 is 2.85 bits per heavy atom. The molecular formula is C16H18BrN3. The van der Waals surface area contributed by atoms with Crippen LogP contribution in [0.3, 0.4) is 0 Å². The summed E-state index contributed by atoms with van der Waals surface area (Å²) >= 11 is 3.68. The summed E-state index contributed by atoms with van der Waals surface area (Å²) in [4.78, 5) is 6.95. The van der Waals surface area contributed by atoms with Gasteiger partial charge in [0.2, 0.25) is 0 Å². The van der Waals surface area contributed by atoms with Gasteiger partial charge in [-0.05, 0) is 65.0 Å². The van der Waals surface area contributed by atoms with E-state index in [4.69, 9.17) is 5.73 Å². The third-order valence-electron chi connectivity index (χ3n) is 3.63. The summed E-state index contributed by atoms with van der Waals surface area (Å²) < 4.78 is 1.09. The quantitative estimate of drug-likeness (QED) is 0.864. The van der Waals surface area contributed by atoms with Crippen LogP contribution in [0.25, 0.3) is 0 Å². The van der Waals surface area contributed by atoms with Crippen LogP contribution < -0.4 is 10.6 Å². The third kappa shape index (κ3) is 2.80. The van der Waals surface area contributed by atoms with Crippen LogP contribution in [0.15, 0.2) is 41.0 Å². The molecule has 3 rings (SSSR count). The average Bonchev–Trinajstić information content (AvgIpc) is 3.24. The van der Waals surface area contributed by atoms with Crippen LogP contribution >= 0.6 is 15.9 Å². The molecule has 0 radical (unpaired) electrons. The second kappa shape index (κ2) is 5.44. The van der Waals surface area contributed by atoms with Crippen molar-refractivity contribution < 1.29 is 0 Å². The number of benzene rings is 1. The highest BCUT2D eigenvalue weighted by Crippen LogP contribution is 2.36. The van der Waals surface area contributed by atoms with E-state index in [1.807, 2.05) is 30.5 Å². The molecule has 0 unspecified atom stereocenters. The first-order valence-corrected chi connectivity index (χ1v) is 7.66. The van der Waals surface area contributed by atoms with Gasteiger partial charge in [-0.15, -0.1) is 0 Å². The van der Waals surface area contributed by atoms with Gasteiger partial charge in [0.05, 0.1) is 4.47 Å². The van der Waals surface area contributed by atoms with Crippen molar-refractivity contribution in [3.63, 3.8) is 0 Å². The highest BCUT2D eigenvalue weighted by Gasteiger charge is 2.31. The summed E-state index contributed by atoms with van der Waals surface area (Å²) in [6.07, 6.45) is 4.36. The van der Waals surface area contributed by atoms with Gasteiger partial charge in [0, 0.05) is 24.5 Å². The highest BCUT2D eigenvalue weighted by atomic mass is 79.9. The van der Waals surface area contributed by atoms with E-state index in [2.05, 4.69) is 38.8 Å². The molecule has 2 N–H and O–H groups in total. The van der Waals surface area contributed by atoms with E-state index in [-0.39, 0.29) is 0 Å². The fraction of sp³-hybridized carbons (Fsp3) is 0.312. The van der Waals surface area contributed by atoms with E-state index in [9.17, 15) is 0 Å². The van der Waals surface area contributed by atoms with Gasteiger partial charge < -0.3 is 10.6 Å². The van der Waals surface area contributed by atoms with Gasteiger partial charge in [-0.2, -0.15) is 0 Å². The zero-order valence-electron chi connectivity index (χ0n) is 11.5. The number of halogens is 1. The van der Waals surface area contributed by atoms with Gasteiger partial charge in [-0.3, -0.25) is 0 Å². The van der Waals surface area contributed by atoms with E-state index in [1.165, 1.54) is 24.0 Å². The SMILES string of the molecule is Cc1ccnc(N(Cc2cccc(N)c2)C2CC2)c1Br. The van der Waals surface area contributed by atoms with E-state index in [0.29, 0.717) is 6.04 Å². The molecule has 1 heterocycles. The van der Waals surface area contributed by atoms with Gasteiger partial charge in [0.25, 0.3) is 0 Å². The maximum atomic E-state index is 5.88. The summed E-state index contributed by atoms with van der Waals surface area (Å²) in [6, 6.07) is 10.7. The number of hydrogen-bond donors (Lipinski definition) is 1. The van der Waals surface area contributed by atoms with Crippen molar-refractivity contribution in [2.75, 3.05) is 10.6 Å². The summed E-state index contributed by atoms with van der Waals surface area (Å²) in [5.41, 5.74) is 9.13. The molecule has 0 spiro atoms. The Balaban J connectivity index is 1.91. The number of rotatable bonds is 4. The van der Waals surface area contributed by atoms with Crippen LogP contribution in [-0.2, 0) is 6.54 Å². The molecule has 1 fully saturated rings. The normalized spacial score (nSPS) is 14.3. The largest absolute Gasteiger partial charge is 0.399 e. The molecule has 1 aromatic carbocycles. The minimum atomic E-state index is 0.599. The third-order valence-corrected chi connectivity index (χ3v) is 4.61. The van der Waals surface area contributed by atoms with Crippen molar-refractivity contribution in [1.82, 2.24) is 4.98 Å². The number of aromatic nitrogens is 1. The number of anilines is 2. The van der Waals surface area contributed by atoms with Crippen LogP contribution in [0, 0.1) is 6.92 Å². The summed E-state index contributed by atoms with van der Waals surface area (Å²) in [5.74, 6) is 1.04. The maximum absolute atomic E-state index is 5.88. The first-order valence-electron chi connectivity index (χ1n) is 6.87. The molecular weight excluding hydrogens is 314 g/mol. The minimum absolute atomic E-state index is 0.599. The van der Waals surface area contributed by atoms with E-state index in [0.717, 1.165) is 22.5 Å². The van der Waals surface area contributed by atoms with Crippen LogP contribution in [0.4, 0.5) is 11.5 Å². The highest BCUT2D eigenvalue weighted by molar-refractivity contribution is 9.10. The van der Waals surface area contributed by atoms with Crippen molar-refractivity contribution >= 4 is 27.4 Å². The molecule has 20 heavy (non-hydrogen) atoms. The van der Waals surface area contributed by atoms with Gasteiger partial charge in [0.15, 0.2) is 0 Å². The zero-order valence-corrected chi connectivity index (χ0v) is 13.1. The van der Waals surface area contributed by atoms with Crippen LogP contribution in [-0.4, -0.2) is 11.0 Å². The first kappa shape index (κ1) is 13.4. The Kier molecular flexibility index (Phi) is 3.66. The molecule has 1 aliphatic carbocycles. The van der Waals surface area contributed by atoms with Gasteiger partial charge >= 0.3 is 0 Å². The van der Waals surface area contributed by atoms with E-state index in [1.54, 1.807) is 0 Å². The molecule has 4 heteroatoms. The van der Waals surface area contributed by atoms with Crippen molar-refractivity contribution in [2.45, 2.75) is 32.4 Å². The van der Waals surface area contributed by atoms with E-state index >= 15 is 0 Å². The maximum Gasteiger partial charge on any atom is 0.143 e. The Labute approximate surface area is 127 Å². The topological polar surface area (TPSA) is 42.2 Å². The molecule has 1 aromatic heterocycles. The van der Waals surface area contributed by atoms with Crippen LogP contribution in [0.5, 0.6) is 0 Å². The summed E-state index contributed by atoms with van der Waals surface area (Å²) in [7, 11) is 0. The number of nitrogens with zero attached hydrogens (tertiary/aromatic N) is 2. The molecule has 0 amide bonds. The van der Waals surface area contributed by atoms with E-state index < -0.39 is 0 Å². The predicted molar refractivity (Wildman–Crippen MR) is 86.7 cm³/mol. The Morgan fingerprint density at radius 2 is 2.15 bits per heavy atom. The fourth-order valence-electron chi connectivity index (χ4n) is 2.38. The first-order chi connectivity index (χ1) is 9.65. The monoisotopic (exact) mass is 331 g/mol. The Bertz CT molecular complexity index is 623. The van der Waals surface area contributed by atoms with Crippen molar-refractivity contribution in [2.24, 2.45) is 0 Å². The van der Waals surface area contributed by atoms with Crippen molar-refractivity contribution in [3.05, 3.63) is 52.1 Å². The lowest BCUT2D eigenvalue weighted by Crippen LogP contribution is -2.26. The average molecular weight is 332 g/mol. The Hall–Kier alpha value is -1.55. The smallest absolute Gasteiger partial charge is 0.143 e. The lowest BCUT2D eigenvalue weighted by molar-refractivity contribution is 0.775. The fourth-order valence-corrected chi connectivity index (χ4v) is 2.84. The second-order valence-corrected chi connectivity index (χ2v) is 6.16. The van der Waals surface area contributed by atoms with Crippen molar-refractivity contribution in [3.8, 4) is 0 Å². The molecule has 0 aliphatic heterocycles. The standard InChI is InChI=1S/C16H18BrN3/c1-11-7-8-19-16(15(11)17)20(14-5-6-14)10-12-3-2-4-13(18)9-12/h2-4,7-9,14H,5-6,10,18H2,1H3. The number of nitrogen functional groups attached to an aromatic ring is 1. The predicted octanol–water partition coefficient (Wildman–Crippen LogP) is 3.90.